The fourth-order valence-electron chi connectivity index (χ4n) is 3.46. The third-order valence-corrected chi connectivity index (χ3v) is 4.76. The van der Waals surface area contributed by atoms with Crippen molar-refractivity contribution in [2.45, 2.75) is 18.9 Å². The van der Waals surface area contributed by atoms with Gasteiger partial charge in [-0.15, -0.1) is 0 Å². The van der Waals surface area contributed by atoms with Crippen molar-refractivity contribution in [3.8, 4) is 0 Å². The van der Waals surface area contributed by atoms with Crippen LogP contribution in [0.2, 0.25) is 0 Å². The van der Waals surface area contributed by atoms with E-state index in [2.05, 4.69) is 10.4 Å². The van der Waals surface area contributed by atoms with Gasteiger partial charge in [0, 0.05) is 51.3 Å². The Hall–Kier alpha value is -2.75. The molecule has 0 radical (unpaired) electrons. The van der Waals surface area contributed by atoms with E-state index >= 15 is 0 Å². The zero-order chi connectivity index (χ0) is 20.3. The van der Waals surface area contributed by atoms with Gasteiger partial charge in [0.25, 0.3) is 12.3 Å². The SMILES string of the molecule is COCCN1C(=O)C[C@H](CNC(=O)c2coc(C(F)F)c2)[C@H]1c1cnn(C)c1. The molecule has 1 N–H and O–H groups in total. The first-order valence-electron chi connectivity index (χ1n) is 8.82. The number of amides is 2. The third-order valence-electron chi connectivity index (χ3n) is 4.76. The number of hydrogen-bond donors (Lipinski definition) is 1. The van der Waals surface area contributed by atoms with Crippen LogP contribution < -0.4 is 5.32 Å². The summed E-state index contributed by atoms with van der Waals surface area (Å²) >= 11 is 0. The summed E-state index contributed by atoms with van der Waals surface area (Å²) in [6, 6.07) is 0.765. The summed E-state index contributed by atoms with van der Waals surface area (Å²) in [7, 11) is 3.35. The second kappa shape index (κ2) is 8.51. The normalized spacial score (nSPS) is 19.6. The van der Waals surface area contributed by atoms with E-state index in [1.165, 1.54) is 0 Å². The summed E-state index contributed by atoms with van der Waals surface area (Å²) in [6.45, 7) is 1.04. The van der Waals surface area contributed by atoms with Gasteiger partial charge >= 0.3 is 0 Å². The van der Waals surface area contributed by atoms with Gasteiger partial charge in [-0.2, -0.15) is 5.10 Å². The maximum absolute atomic E-state index is 12.6. The molecule has 0 bridgehead atoms. The van der Waals surface area contributed by atoms with E-state index in [-0.39, 0.29) is 36.4 Å². The van der Waals surface area contributed by atoms with Gasteiger partial charge in [-0.25, -0.2) is 8.78 Å². The van der Waals surface area contributed by atoms with E-state index in [1.807, 2.05) is 6.20 Å². The van der Waals surface area contributed by atoms with Crippen LogP contribution in [0.25, 0.3) is 0 Å². The number of aromatic nitrogens is 2. The van der Waals surface area contributed by atoms with E-state index in [4.69, 9.17) is 9.15 Å². The number of alkyl halides is 2. The zero-order valence-corrected chi connectivity index (χ0v) is 15.6. The lowest BCUT2D eigenvalue weighted by Gasteiger charge is -2.27. The van der Waals surface area contributed by atoms with Crippen molar-refractivity contribution in [3.63, 3.8) is 0 Å². The Morgan fingerprint density at radius 3 is 2.89 bits per heavy atom. The molecule has 1 aliphatic rings. The molecule has 0 saturated carbocycles. The number of furan rings is 1. The van der Waals surface area contributed by atoms with Crippen LogP contribution in [0.4, 0.5) is 8.78 Å². The summed E-state index contributed by atoms with van der Waals surface area (Å²) in [4.78, 5) is 26.5. The summed E-state index contributed by atoms with van der Waals surface area (Å²) in [5.74, 6) is -1.30. The van der Waals surface area contributed by atoms with Gasteiger partial charge in [0.15, 0.2) is 5.76 Å². The third kappa shape index (κ3) is 4.22. The molecule has 2 amide bonds. The smallest absolute Gasteiger partial charge is 0.295 e. The highest BCUT2D eigenvalue weighted by molar-refractivity contribution is 5.94. The largest absolute Gasteiger partial charge is 0.462 e. The lowest BCUT2D eigenvalue weighted by Crippen LogP contribution is -2.35. The lowest BCUT2D eigenvalue weighted by molar-refractivity contribution is -0.129. The van der Waals surface area contributed by atoms with E-state index < -0.39 is 18.1 Å². The summed E-state index contributed by atoms with van der Waals surface area (Å²) in [5, 5.41) is 6.89. The quantitative estimate of drug-likeness (QED) is 0.736. The first-order chi connectivity index (χ1) is 13.4. The molecule has 1 aliphatic heterocycles. The number of methoxy groups -OCH3 is 1. The van der Waals surface area contributed by atoms with Crippen LogP contribution in [0.1, 0.15) is 40.6 Å². The Kier molecular flexibility index (Phi) is 6.08. The molecule has 2 aromatic heterocycles. The van der Waals surface area contributed by atoms with Crippen LogP contribution in [0.5, 0.6) is 0 Å². The van der Waals surface area contributed by atoms with Crippen LogP contribution in [-0.2, 0) is 16.6 Å². The van der Waals surface area contributed by atoms with Crippen molar-refractivity contribution in [1.29, 1.82) is 0 Å². The number of rotatable bonds is 8. The van der Waals surface area contributed by atoms with Gasteiger partial charge < -0.3 is 19.4 Å². The number of halogens is 2. The molecule has 0 aliphatic carbocycles. The molecule has 3 heterocycles. The first kappa shape index (κ1) is 20.0. The molecule has 0 spiro atoms. The van der Waals surface area contributed by atoms with E-state index in [0.29, 0.717) is 13.2 Å². The van der Waals surface area contributed by atoms with Crippen LogP contribution in [-0.4, -0.2) is 53.3 Å². The maximum atomic E-state index is 12.6. The molecule has 2 atom stereocenters. The van der Waals surface area contributed by atoms with Gasteiger partial charge in [0.1, 0.15) is 6.26 Å². The minimum atomic E-state index is -2.78. The molecule has 1 fully saturated rings. The van der Waals surface area contributed by atoms with Crippen LogP contribution in [0.15, 0.2) is 29.1 Å². The van der Waals surface area contributed by atoms with Crippen molar-refractivity contribution in [3.05, 3.63) is 41.6 Å². The minimum Gasteiger partial charge on any atom is -0.462 e. The molecule has 28 heavy (non-hydrogen) atoms. The molecule has 0 unspecified atom stereocenters. The molecule has 1 saturated heterocycles. The number of carbonyl (C=O) groups excluding carboxylic acids is 2. The molecule has 8 nitrogen and oxygen atoms in total. The monoisotopic (exact) mass is 396 g/mol. The summed E-state index contributed by atoms with van der Waals surface area (Å²) < 4.78 is 36.7. The van der Waals surface area contributed by atoms with E-state index in [0.717, 1.165) is 17.9 Å². The second-order valence-corrected chi connectivity index (χ2v) is 6.68. The van der Waals surface area contributed by atoms with Gasteiger partial charge in [-0.05, 0) is 6.07 Å². The van der Waals surface area contributed by atoms with Crippen LogP contribution in [0.3, 0.4) is 0 Å². The summed E-state index contributed by atoms with van der Waals surface area (Å²) in [5.41, 5.74) is 0.890. The molecule has 152 valence electrons. The highest BCUT2D eigenvalue weighted by atomic mass is 19.3. The highest BCUT2D eigenvalue weighted by Crippen LogP contribution is 2.37. The van der Waals surface area contributed by atoms with Crippen molar-refractivity contribution < 1.29 is 27.5 Å². The Labute approximate surface area is 160 Å². The van der Waals surface area contributed by atoms with Crippen molar-refractivity contribution in [2.24, 2.45) is 13.0 Å². The van der Waals surface area contributed by atoms with Gasteiger partial charge in [-0.3, -0.25) is 14.3 Å². The highest BCUT2D eigenvalue weighted by Gasteiger charge is 2.41. The molecule has 0 aromatic carbocycles. The van der Waals surface area contributed by atoms with Gasteiger partial charge in [0.2, 0.25) is 5.91 Å². The number of likely N-dealkylation sites (tertiary alicyclic amines) is 1. The lowest BCUT2D eigenvalue weighted by atomic mass is 9.95. The fourth-order valence-corrected chi connectivity index (χ4v) is 3.46. The fraction of sp³-hybridized carbons (Fsp3) is 0.500. The Morgan fingerprint density at radius 1 is 1.50 bits per heavy atom. The number of ether oxygens (including phenoxy) is 1. The Morgan fingerprint density at radius 2 is 2.29 bits per heavy atom. The van der Waals surface area contributed by atoms with Crippen LogP contribution >= 0.6 is 0 Å². The average Bonchev–Trinajstić information content (AvgIpc) is 3.37. The van der Waals surface area contributed by atoms with E-state index in [9.17, 15) is 18.4 Å². The zero-order valence-electron chi connectivity index (χ0n) is 15.6. The first-order valence-corrected chi connectivity index (χ1v) is 8.82. The Bertz CT molecular complexity index is 835. The predicted molar refractivity (Wildman–Crippen MR) is 93.6 cm³/mol. The maximum Gasteiger partial charge on any atom is 0.295 e. The average molecular weight is 396 g/mol. The second-order valence-electron chi connectivity index (χ2n) is 6.68. The molecule has 3 rings (SSSR count). The minimum absolute atomic E-state index is 0.0220. The number of nitrogens with one attached hydrogen (secondary N) is 1. The van der Waals surface area contributed by atoms with Crippen molar-refractivity contribution in [1.82, 2.24) is 20.0 Å². The van der Waals surface area contributed by atoms with Crippen LogP contribution in [0, 0.1) is 5.92 Å². The topological polar surface area (TPSA) is 89.6 Å². The van der Waals surface area contributed by atoms with Gasteiger partial charge in [0.05, 0.1) is 24.4 Å². The van der Waals surface area contributed by atoms with Crippen molar-refractivity contribution in [2.75, 3.05) is 26.8 Å². The molecule has 2 aromatic rings. The summed E-state index contributed by atoms with van der Waals surface area (Å²) in [6.07, 6.45) is 2.02. The molecular weight excluding hydrogens is 374 g/mol. The molecule has 10 heteroatoms. The number of nitrogens with zero attached hydrogens (tertiary/aromatic N) is 3. The molecular formula is C18H22F2N4O4. The Balaban J connectivity index is 1.71. The number of hydrogen-bond acceptors (Lipinski definition) is 5. The standard InChI is InChI=1S/C18H22F2N4O4/c1-23-9-13(8-22-23)16-11(6-15(25)24(16)3-4-27-2)7-21-18(26)12-5-14(17(19)20)28-10-12/h5,8-11,16-17H,3-4,6-7H2,1-2H3,(H,21,26)/t11-,16+/m1/s1. The number of aryl methyl sites for hydroxylation is 1. The predicted octanol–water partition coefficient (Wildman–Crippen LogP) is 1.92. The van der Waals surface area contributed by atoms with E-state index in [1.54, 1.807) is 29.9 Å². The van der Waals surface area contributed by atoms with Crippen molar-refractivity contribution >= 4 is 11.8 Å². The van der Waals surface area contributed by atoms with Gasteiger partial charge in [-0.1, -0.05) is 0 Å². The number of carbonyl (C=O) groups is 2.